The molecule has 0 radical (unpaired) electrons. The number of carbonyl (C=O) groups is 1. The van der Waals surface area contributed by atoms with Crippen LogP contribution in [0.1, 0.15) is 46.0 Å². The summed E-state index contributed by atoms with van der Waals surface area (Å²) in [4.78, 5) is 10.7. The van der Waals surface area contributed by atoms with Crippen molar-refractivity contribution in [3.8, 4) is 0 Å². The lowest BCUT2D eigenvalue weighted by Gasteiger charge is -2.16. The van der Waals surface area contributed by atoms with Crippen LogP contribution in [0.25, 0.3) is 0 Å². The molecular weight excluding hydrogens is 360 g/mol. The van der Waals surface area contributed by atoms with Crippen LogP contribution in [0.15, 0.2) is 60.7 Å². The van der Waals surface area contributed by atoms with Gasteiger partial charge in [0.05, 0.1) is 0 Å². The van der Waals surface area contributed by atoms with E-state index < -0.39 is 11.7 Å². The third-order valence-electron chi connectivity index (χ3n) is 3.98. The zero-order valence-electron chi connectivity index (χ0n) is 17.0. The van der Waals surface area contributed by atoms with Crippen LogP contribution in [0.3, 0.4) is 0 Å². The van der Waals surface area contributed by atoms with E-state index in [2.05, 4.69) is 12.1 Å². The second-order valence-electron chi connectivity index (χ2n) is 6.17. The number of carboxylic acid groups (broad SMARTS) is 1. The van der Waals surface area contributed by atoms with Crippen LogP contribution in [-0.2, 0) is 16.3 Å². The zero-order chi connectivity index (χ0) is 20.2. The van der Waals surface area contributed by atoms with Crippen molar-refractivity contribution in [1.82, 2.24) is 0 Å². The first-order valence-corrected chi connectivity index (χ1v) is 11.1. The standard InChI is InChI=1S/C22H28O2S2/c23-22(24)14-8-7-13-21(26-18-20-11-5-2-6-12-20)15-16-25-17-19-9-3-1-4-10-19/h1-6,9-12,21H,7-8,13-18H2,(H,23,24)/i18D2. The highest BCUT2D eigenvalue weighted by atomic mass is 32.2. The van der Waals surface area contributed by atoms with E-state index in [1.807, 2.05) is 60.3 Å². The van der Waals surface area contributed by atoms with E-state index in [9.17, 15) is 4.79 Å². The van der Waals surface area contributed by atoms with Gasteiger partial charge in [-0.2, -0.15) is 23.5 Å². The number of hydrogen-bond donors (Lipinski definition) is 1. The molecule has 0 heterocycles. The number of thioether (sulfide) groups is 2. The van der Waals surface area contributed by atoms with Gasteiger partial charge in [0.2, 0.25) is 0 Å². The van der Waals surface area contributed by atoms with E-state index >= 15 is 0 Å². The van der Waals surface area contributed by atoms with Crippen LogP contribution in [0, 0.1) is 0 Å². The number of carboxylic acids is 1. The number of rotatable bonds is 13. The van der Waals surface area contributed by atoms with Gasteiger partial charge in [0.1, 0.15) is 0 Å². The highest BCUT2D eigenvalue weighted by molar-refractivity contribution is 7.99. The smallest absolute Gasteiger partial charge is 0.303 e. The molecule has 0 fully saturated rings. The Morgan fingerprint density at radius 2 is 1.62 bits per heavy atom. The summed E-state index contributed by atoms with van der Waals surface area (Å²) in [5.41, 5.74) is 0.549. The van der Waals surface area contributed by atoms with Crippen molar-refractivity contribution in [3.63, 3.8) is 0 Å². The summed E-state index contributed by atoms with van der Waals surface area (Å²) in [6.07, 6.45) is 3.42. The minimum atomic E-state index is -1.44. The Kier molecular flexibility index (Phi) is 8.92. The van der Waals surface area contributed by atoms with Gasteiger partial charge >= 0.3 is 5.97 Å². The molecule has 2 aromatic rings. The normalized spacial score (nSPS) is 13.7. The predicted molar refractivity (Wildman–Crippen MR) is 115 cm³/mol. The Labute approximate surface area is 168 Å². The van der Waals surface area contributed by atoms with Gasteiger partial charge in [-0.05, 0) is 36.1 Å². The van der Waals surface area contributed by atoms with Gasteiger partial charge in [-0.25, -0.2) is 0 Å². The van der Waals surface area contributed by atoms with E-state index in [4.69, 9.17) is 7.85 Å². The Hall–Kier alpha value is -1.39. The lowest BCUT2D eigenvalue weighted by Crippen LogP contribution is -2.06. The van der Waals surface area contributed by atoms with E-state index in [1.165, 1.54) is 17.3 Å². The Morgan fingerprint density at radius 3 is 2.27 bits per heavy atom. The third kappa shape index (κ3) is 9.35. The fraction of sp³-hybridized carbons (Fsp3) is 0.409. The molecule has 4 heteroatoms. The molecule has 1 N–H and O–H groups in total. The molecule has 0 aliphatic rings. The van der Waals surface area contributed by atoms with Crippen molar-refractivity contribution < 1.29 is 12.6 Å². The van der Waals surface area contributed by atoms with Crippen molar-refractivity contribution in [2.45, 2.75) is 48.8 Å². The maximum atomic E-state index is 10.7. The molecule has 0 bridgehead atoms. The molecule has 26 heavy (non-hydrogen) atoms. The number of hydrogen-bond acceptors (Lipinski definition) is 3. The second-order valence-corrected chi connectivity index (χ2v) is 8.39. The first kappa shape index (κ1) is 18.0. The van der Waals surface area contributed by atoms with E-state index in [-0.39, 0.29) is 11.7 Å². The van der Waals surface area contributed by atoms with Crippen LogP contribution in [-0.4, -0.2) is 22.1 Å². The molecule has 0 saturated carbocycles. The van der Waals surface area contributed by atoms with Crippen molar-refractivity contribution in [1.29, 1.82) is 0 Å². The summed E-state index contributed by atoms with van der Waals surface area (Å²) in [7, 11) is 0. The van der Waals surface area contributed by atoms with Crippen LogP contribution in [0.5, 0.6) is 0 Å². The first-order chi connectivity index (χ1) is 13.5. The summed E-state index contributed by atoms with van der Waals surface area (Å²) in [5, 5.41) is 9.00. The van der Waals surface area contributed by atoms with Gasteiger partial charge in [0.15, 0.2) is 0 Å². The molecule has 2 nitrogen and oxygen atoms in total. The minimum absolute atomic E-state index is 0.173. The Bertz CT molecular complexity index is 696. The molecule has 0 spiro atoms. The monoisotopic (exact) mass is 390 g/mol. The van der Waals surface area contributed by atoms with Crippen molar-refractivity contribution >= 4 is 29.5 Å². The van der Waals surface area contributed by atoms with E-state index in [0.29, 0.717) is 12.0 Å². The molecule has 140 valence electrons. The summed E-state index contributed by atoms with van der Waals surface area (Å²) >= 11 is 3.25. The SMILES string of the molecule is [2H]C([2H])(SC(CCCCC(=O)O)CCSCc1ccccc1)c1ccccc1. The minimum Gasteiger partial charge on any atom is -0.481 e. The van der Waals surface area contributed by atoms with Gasteiger partial charge < -0.3 is 5.11 Å². The molecule has 1 atom stereocenters. The fourth-order valence-corrected chi connectivity index (χ4v) is 4.68. The maximum absolute atomic E-state index is 10.7. The lowest BCUT2D eigenvalue weighted by molar-refractivity contribution is -0.137. The first-order valence-electron chi connectivity index (χ1n) is 10.0. The van der Waals surface area contributed by atoms with Crippen LogP contribution < -0.4 is 0 Å². The van der Waals surface area contributed by atoms with E-state index in [0.717, 1.165) is 30.8 Å². The van der Waals surface area contributed by atoms with Gasteiger partial charge in [-0.15, -0.1) is 0 Å². The van der Waals surface area contributed by atoms with E-state index in [1.54, 1.807) is 0 Å². The number of unbranched alkanes of at least 4 members (excludes halogenated alkanes) is 1. The molecule has 1 unspecified atom stereocenters. The second kappa shape index (κ2) is 12.9. The van der Waals surface area contributed by atoms with Gasteiger partial charge in [-0.1, -0.05) is 67.1 Å². The molecule has 0 aliphatic carbocycles. The number of benzene rings is 2. The molecule has 2 aromatic carbocycles. The average molecular weight is 391 g/mol. The maximum Gasteiger partial charge on any atom is 0.303 e. The molecule has 2 rings (SSSR count). The third-order valence-corrected chi connectivity index (χ3v) is 6.20. The molecule has 0 amide bonds. The Balaban J connectivity index is 1.87. The summed E-state index contributed by atoms with van der Waals surface area (Å²) in [6, 6.07) is 19.7. The Morgan fingerprint density at radius 1 is 0.962 bits per heavy atom. The fourth-order valence-electron chi connectivity index (χ4n) is 2.55. The molecule has 0 aromatic heterocycles. The molecule has 0 saturated heterocycles. The highest BCUT2D eigenvalue weighted by Crippen LogP contribution is 2.27. The topological polar surface area (TPSA) is 37.3 Å². The average Bonchev–Trinajstić information content (AvgIpc) is 2.69. The van der Waals surface area contributed by atoms with Crippen LogP contribution in [0.2, 0.25) is 0 Å². The van der Waals surface area contributed by atoms with Gasteiger partial charge in [-0.3, -0.25) is 4.79 Å². The zero-order valence-corrected chi connectivity index (χ0v) is 16.6. The lowest BCUT2D eigenvalue weighted by atomic mass is 10.1. The largest absolute Gasteiger partial charge is 0.481 e. The van der Waals surface area contributed by atoms with Crippen molar-refractivity contribution in [3.05, 3.63) is 71.8 Å². The quantitative estimate of drug-likeness (QED) is 0.410. The predicted octanol–water partition coefficient (Wildman–Crippen LogP) is 6.26. The van der Waals surface area contributed by atoms with Crippen LogP contribution >= 0.6 is 23.5 Å². The number of aliphatic carboxylic acids is 1. The van der Waals surface area contributed by atoms with Crippen molar-refractivity contribution in [2.24, 2.45) is 0 Å². The van der Waals surface area contributed by atoms with Gasteiger partial charge in [0.25, 0.3) is 0 Å². The molecule has 0 aliphatic heterocycles. The molecular formula is C22H28O2S2. The summed E-state index contributed by atoms with van der Waals surface area (Å²) < 4.78 is 17.0. The van der Waals surface area contributed by atoms with Crippen molar-refractivity contribution in [2.75, 3.05) is 5.75 Å². The summed E-state index contributed by atoms with van der Waals surface area (Å²) in [6.45, 7) is 0. The highest BCUT2D eigenvalue weighted by Gasteiger charge is 2.10. The van der Waals surface area contributed by atoms with Gasteiger partial charge in [0, 0.05) is 25.9 Å². The summed E-state index contributed by atoms with van der Waals surface area (Å²) in [5.74, 6) is 1.17. The van der Waals surface area contributed by atoms with Crippen LogP contribution in [0.4, 0.5) is 0 Å².